The second-order valence-electron chi connectivity index (χ2n) is 8.44. The lowest BCUT2D eigenvalue weighted by Crippen LogP contribution is -2.45. The van der Waals surface area contributed by atoms with Gasteiger partial charge in [-0.2, -0.15) is 0 Å². The number of hydrogen-bond acceptors (Lipinski definition) is 2. The van der Waals surface area contributed by atoms with E-state index in [1.165, 1.54) is 81.3 Å². The first-order valence-electron chi connectivity index (χ1n) is 11.0. The Bertz CT molecular complexity index is 684. The number of piperidine rings is 1. The van der Waals surface area contributed by atoms with Gasteiger partial charge in [0.15, 0.2) is 0 Å². The standard InChI is InChI=1S/C25H34N2/c1-3-9-21(10-4-1)19-27(24-15-17-26-18-16-24)20-23-13-7-8-14-25(23)22-11-5-2-6-12-22/h2,5-8,11-14,21,24,26H,1,3-4,9-10,15-20H2. The minimum absolute atomic E-state index is 0.733. The SMILES string of the molecule is c1ccc(-c2ccccc2CN(CC2CCCCC2)C2CCNCC2)cc1. The molecule has 1 N–H and O–H groups in total. The average molecular weight is 363 g/mol. The quantitative estimate of drug-likeness (QED) is 0.731. The predicted molar refractivity (Wildman–Crippen MR) is 115 cm³/mol. The van der Waals surface area contributed by atoms with E-state index in [1.807, 2.05) is 0 Å². The third-order valence-corrected chi connectivity index (χ3v) is 6.52. The summed E-state index contributed by atoms with van der Waals surface area (Å²) < 4.78 is 0. The second-order valence-corrected chi connectivity index (χ2v) is 8.44. The zero-order valence-electron chi connectivity index (χ0n) is 16.6. The Morgan fingerprint density at radius 3 is 2.26 bits per heavy atom. The van der Waals surface area contributed by atoms with Crippen LogP contribution in [0.15, 0.2) is 54.6 Å². The highest BCUT2D eigenvalue weighted by molar-refractivity contribution is 5.67. The summed E-state index contributed by atoms with van der Waals surface area (Å²) in [6, 6.07) is 20.7. The fourth-order valence-corrected chi connectivity index (χ4v) is 4.99. The van der Waals surface area contributed by atoms with Gasteiger partial charge in [0.05, 0.1) is 0 Å². The molecule has 2 nitrogen and oxygen atoms in total. The van der Waals surface area contributed by atoms with Gasteiger partial charge in [-0.15, -0.1) is 0 Å². The molecule has 2 heteroatoms. The monoisotopic (exact) mass is 362 g/mol. The van der Waals surface area contributed by atoms with Gasteiger partial charge >= 0.3 is 0 Å². The minimum atomic E-state index is 0.733. The summed E-state index contributed by atoms with van der Waals surface area (Å²) in [4.78, 5) is 2.83. The molecular weight excluding hydrogens is 328 g/mol. The molecule has 1 saturated heterocycles. The van der Waals surface area contributed by atoms with Crippen molar-refractivity contribution < 1.29 is 0 Å². The van der Waals surface area contributed by atoms with Crippen molar-refractivity contribution in [3.05, 3.63) is 60.2 Å². The van der Waals surface area contributed by atoms with Crippen LogP contribution in [-0.2, 0) is 6.54 Å². The van der Waals surface area contributed by atoms with Crippen molar-refractivity contribution in [3.63, 3.8) is 0 Å². The third-order valence-electron chi connectivity index (χ3n) is 6.52. The smallest absolute Gasteiger partial charge is 0.0242 e. The normalized spacial score (nSPS) is 19.4. The molecule has 1 saturated carbocycles. The van der Waals surface area contributed by atoms with Crippen molar-refractivity contribution in [2.45, 2.75) is 57.5 Å². The van der Waals surface area contributed by atoms with Crippen molar-refractivity contribution in [2.24, 2.45) is 5.92 Å². The molecule has 0 bridgehead atoms. The summed E-state index contributed by atoms with van der Waals surface area (Å²) in [5.74, 6) is 0.900. The summed E-state index contributed by atoms with van der Waals surface area (Å²) in [7, 11) is 0. The van der Waals surface area contributed by atoms with Gasteiger partial charge < -0.3 is 5.32 Å². The molecule has 0 atom stereocenters. The van der Waals surface area contributed by atoms with Crippen LogP contribution in [0.25, 0.3) is 11.1 Å². The molecule has 0 amide bonds. The highest BCUT2D eigenvalue weighted by atomic mass is 15.2. The van der Waals surface area contributed by atoms with Crippen LogP contribution in [0.3, 0.4) is 0 Å². The molecule has 0 radical (unpaired) electrons. The maximum Gasteiger partial charge on any atom is 0.0242 e. The Balaban J connectivity index is 1.55. The maximum absolute atomic E-state index is 3.55. The number of nitrogens with one attached hydrogen (secondary N) is 1. The molecule has 0 unspecified atom stereocenters. The van der Waals surface area contributed by atoms with Crippen LogP contribution >= 0.6 is 0 Å². The van der Waals surface area contributed by atoms with Crippen molar-refractivity contribution in [1.29, 1.82) is 0 Å². The molecule has 0 aromatic heterocycles. The van der Waals surface area contributed by atoms with Crippen molar-refractivity contribution >= 4 is 0 Å². The van der Waals surface area contributed by atoms with Gasteiger partial charge in [-0.25, -0.2) is 0 Å². The molecule has 1 aliphatic heterocycles. The average Bonchev–Trinajstić information content (AvgIpc) is 2.76. The summed E-state index contributed by atoms with van der Waals surface area (Å²) >= 11 is 0. The number of hydrogen-bond donors (Lipinski definition) is 1. The summed E-state index contributed by atoms with van der Waals surface area (Å²) in [5.41, 5.74) is 4.23. The van der Waals surface area contributed by atoms with E-state index in [1.54, 1.807) is 0 Å². The van der Waals surface area contributed by atoms with Crippen LogP contribution in [0.5, 0.6) is 0 Å². The number of benzene rings is 2. The van der Waals surface area contributed by atoms with E-state index in [0.717, 1.165) is 18.5 Å². The lowest BCUT2D eigenvalue weighted by Gasteiger charge is -2.38. The minimum Gasteiger partial charge on any atom is -0.317 e. The van der Waals surface area contributed by atoms with Crippen LogP contribution in [0.1, 0.15) is 50.5 Å². The Kier molecular flexibility index (Phi) is 6.60. The molecular formula is C25H34N2. The Morgan fingerprint density at radius 1 is 0.778 bits per heavy atom. The van der Waals surface area contributed by atoms with E-state index in [4.69, 9.17) is 0 Å². The molecule has 144 valence electrons. The largest absolute Gasteiger partial charge is 0.317 e. The third kappa shape index (κ3) is 5.00. The van der Waals surface area contributed by atoms with Crippen LogP contribution in [-0.4, -0.2) is 30.6 Å². The number of nitrogens with zero attached hydrogens (tertiary/aromatic N) is 1. The fourth-order valence-electron chi connectivity index (χ4n) is 4.99. The van der Waals surface area contributed by atoms with Gasteiger partial charge in [0.25, 0.3) is 0 Å². The van der Waals surface area contributed by atoms with Gasteiger partial charge in [0.2, 0.25) is 0 Å². The van der Waals surface area contributed by atoms with Crippen LogP contribution in [0.4, 0.5) is 0 Å². The highest BCUT2D eigenvalue weighted by Crippen LogP contribution is 2.29. The summed E-state index contributed by atoms with van der Waals surface area (Å²) in [5, 5.41) is 3.55. The molecule has 2 fully saturated rings. The van der Waals surface area contributed by atoms with E-state index in [2.05, 4.69) is 64.8 Å². The first-order chi connectivity index (χ1) is 13.4. The van der Waals surface area contributed by atoms with Crippen molar-refractivity contribution in [1.82, 2.24) is 10.2 Å². The topological polar surface area (TPSA) is 15.3 Å². The molecule has 27 heavy (non-hydrogen) atoms. The molecule has 1 heterocycles. The lowest BCUT2D eigenvalue weighted by atomic mass is 9.88. The van der Waals surface area contributed by atoms with Gasteiger partial charge in [0.1, 0.15) is 0 Å². The van der Waals surface area contributed by atoms with Crippen LogP contribution in [0.2, 0.25) is 0 Å². The lowest BCUT2D eigenvalue weighted by molar-refractivity contribution is 0.118. The Labute approximate surface area is 165 Å². The zero-order chi connectivity index (χ0) is 18.3. The van der Waals surface area contributed by atoms with E-state index < -0.39 is 0 Å². The van der Waals surface area contributed by atoms with Gasteiger partial charge in [0, 0.05) is 19.1 Å². The van der Waals surface area contributed by atoms with Crippen molar-refractivity contribution in [3.8, 4) is 11.1 Å². The molecule has 2 aliphatic rings. The van der Waals surface area contributed by atoms with Crippen LogP contribution in [0, 0.1) is 5.92 Å². The summed E-state index contributed by atoms with van der Waals surface area (Å²) in [6.07, 6.45) is 9.77. The van der Waals surface area contributed by atoms with E-state index in [0.29, 0.717) is 0 Å². The fraction of sp³-hybridized carbons (Fsp3) is 0.520. The first-order valence-corrected chi connectivity index (χ1v) is 11.0. The molecule has 2 aromatic rings. The van der Waals surface area contributed by atoms with Gasteiger partial charge in [-0.3, -0.25) is 4.90 Å². The molecule has 0 spiro atoms. The van der Waals surface area contributed by atoms with Crippen molar-refractivity contribution in [2.75, 3.05) is 19.6 Å². The van der Waals surface area contributed by atoms with E-state index >= 15 is 0 Å². The molecule has 2 aromatic carbocycles. The van der Waals surface area contributed by atoms with Crippen LogP contribution < -0.4 is 5.32 Å². The molecule has 1 aliphatic carbocycles. The maximum atomic E-state index is 3.55. The van der Waals surface area contributed by atoms with Gasteiger partial charge in [-0.1, -0.05) is 73.9 Å². The van der Waals surface area contributed by atoms with Gasteiger partial charge in [-0.05, 0) is 61.4 Å². The number of rotatable bonds is 6. The first kappa shape index (κ1) is 18.7. The second kappa shape index (κ2) is 9.52. The highest BCUT2D eigenvalue weighted by Gasteiger charge is 2.25. The molecule has 4 rings (SSSR count). The van der Waals surface area contributed by atoms with E-state index in [-0.39, 0.29) is 0 Å². The van der Waals surface area contributed by atoms with E-state index in [9.17, 15) is 0 Å². The Hall–Kier alpha value is -1.64. The summed E-state index contributed by atoms with van der Waals surface area (Å²) in [6.45, 7) is 4.72. The predicted octanol–water partition coefficient (Wildman–Crippen LogP) is 5.49. The Morgan fingerprint density at radius 2 is 1.48 bits per heavy atom. The zero-order valence-corrected chi connectivity index (χ0v) is 16.6.